The topological polar surface area (TPSA) is 68.0 Å². The predicted molar refractivity (Wildman–Crippen MR) is 93.0 cm³/mol. The first-order chi connectivity index (χ1) is 11.8. The van der Waals surface area contributed by atoms with Gasteiger partial charge in [-0.15, -0.1) is 14.8 Å². The molecule has 0 amide bonds. The largest absolute Gasteiger partial charge is 0.361 e. The van der Waals surface area contributed by atoms with Gasteiger partial charge in [-0.1, -0.05) is 43.0 Å². The lowest BCUT2D eigenvalue weighted by Crippen LogP contribution is -2.24. The molecular weight excluding hydrogens is 324 g/mol. The zero-order chi connectivity index (χ0) is 16.4. The fourth-order valence-corrected chi connectivity index (χ4v) is 3.73. The van der Waals surface area contributed by atoms with Gasteiger partial charge in [0, 0.05) is 5.02 Å². The van der Waals surface area contributed by atoms with Gasteiger partial charge in [-0.3, -0.25) is 0 Å². The number of halogens is 1. The van der Waals surface area contributed by atoms with Crippen LogP contribution in [0.15, 0.2) is 36.4 Å². The summed E-state index contributed by atoms with van der Waals surface area (Å²) < 4.78 is 1.44. The van der Waals surface area contributed by atoms with Gasteiger partial charge in [0.15, 0.2) is 5.65 Å². The van der Waals surface area contributed by atoms with Gasteiger partial charge in [-0.05, 0) is 59.0 Å². The molecule has 0 spiro atoms. The van der Waals surface area contributed by atoms with E-state index in [1.54, 1.807) is 0 Å². The fourth-order valence-electron chi connectivity index (χ4n) is 3.53. The monoisotopic (exact) mass is 342 g/mol. The van der Waals surface area contributed by atoms with E-state index in [4.69, 9.17) is 11.6 Å². The number of aromatic nitrogens is 5. The van der Waals surface area contributed by atoms with Crippen LogP contribution in [0.3, 0.4) is 0 Å². The van der Waals surface area contributed by atoms with Crippen molar-refractivity contribution in [2.24, 2.45) is 5.92 Å². The van der Waals surface area contributed by atoms with Crippen LogP contribution in [0.5, 0.6) is 0 Å². The Balaban J connectivity index is 1.65. The van der Waals surface area contributed by atoms with Crippen LogP contribution in [-0.4, -0.2) is 25.3 Å². The molecule has 1 saturated carbocycles. The molecule has 1 aliphatic rings. The zero-order valence-corrected chi connectivity index (χ0v) is 14.0. The number of benzene rings is 1. The van der Waals surface area contributed by atoms with Crippen LogP contribution in [-0.2, 0) is 0 Å². The third kappa shape index (κ3) is 3.19. The van der Waals surface area contributed by atoms with Gasteiger partial charge in [0.25, 0.3) is 0 Å². The van der Waals surface area contributed by atoms with Gasteiger partial charge in [0.1, 0.15) is 5.82 Å². The quantitative estimate of drug-likeness (QED) is 0.778. The summed E-state index contributed by atoms with van der Waals surface area (Å²) in [6, 6.07) is 12.1. The molecule has 2 heterocycles. The van der Waals surface area contributed by atoms with Gasteiger partial charge < -0.3 is 5.32 Å². The van der Waals surface area contributed by atoms with E-state index < -0.39 is 0 Å². The predicted octanol–water partition coefficient (Wildman–Crippen LogP) is 3.91. The molecule has 124 valence electrons. The molecule has 7 heteroatoms. The molecule has 0 bridgehead atoms. The van der Waals surface area contributed by atoms with E-state index in [2.05, 4.69) is 32.0 Å². The summed E-state index contributed by atoms with van der Waals surface area (Å²) in [4.78, 5) is 0. The minimum atomic E-state index is 0.186. The van der Waals surface area contributed by atoms with E-state index in [0.717, 1.165) is 10.8 Å². The smallest absolute Gasteiger partial charge is 0.200 e. The molecule has 0 aliphatic heterocycles. The lowest BCUT2D eigenvalue weighted by molar-refractivity contribution is 0.320. The summed E-state index contributed by atoms with van der Waals surface area (Å²) in [5, 5.41) is 20.2. The second-order valence-corrected chi connectivity index (χ2v) is 6.76. The first-order valence-corrected chi connectivity index (χ1v) is 8.75. The van der Waals surface area contributed by atoms with Crippen molar-refractivity contribution in [1.82, 2.24) is 25.3 Å². The summed E-state index contributed by atoms with van der Waals surface area (Å²) in [7, 11) is 0. The van der Waals surface area contributed by atoms with Crippen molar-refractivity contribution in [3.05, 3.63) is 47.0 Å². The van der Waals surface area contributed by atoms with E-state index in [0.29, 0.717) is 11.6 Å². The summed E-state index contributed by atoms with van der Waals surface area (Å²) in [5.74, 6) is 1.34. The SMILES string of the molecule is Clc1cccc(C(Nc2ccc3nnnn3n2)C2CCCCC2)c1. The Morgan fingerprint density at radius 1 is 1.12 bits per heavy atom. The van der Waals surface area contributed by atoms with Gasteiger partial charge in [0.05, 0.1) is 6.04 Å². The van der Waals surface area contributed by atoms with Crippen molar-refractivity contribution in [3.8, 4) is 0 Å². The number of hydrogen-bond donors (Lipinski definition) is 1. The van der Waals surface area contributed by atoms with Crippen molar-refractivity contribution in [2.45, 2.75) is 38.1 Å². The van der Waals surface area contributed by atoms with Crippen molar-refractivity contribution in [2.75, 3.05) is 5.32 Å². The summed E-state index contributed by atoms with van der Waals surface area (Å²) in [6.07, 6.45) is 6.33. The molecule has 6 nitrogen and oxygen atoms in total. The third-order valence-electron chi connectivity index (χ3n) is 4.70. The van der Waals surface area contributed by atoms with Crippen LogP contribution in [0, 0.1) is 5.92 Å². The average Bonchev–Trinajstić information content (AvgIpc) is 3.08. The molecule has 1 N–H and O–H groups in total. The highest BCUT2D eigenvalue weighted by Crippen LogP contribution is 2.37. The highest BCUT2D eigenvalue weighted by Gasteiger charge is 2.25. The van der Waals surface area contributed by atoms with Crippen molar-refractivity contribution < 1.29 is 0 Å². The standard InChI is InChI=1S/C17H19ClN6/c18-14-8-4-7-13(11-14)17(12-5-2-1-3-6-12)19-15-9-10-16-20-22-23-24(16)21-15/h4,7-12,17H,1-3,5-6H2,(H,19,21). The van der Waals surface area contributed by atoms with Crippen LogP contribution in [0.25, 0.3) is 5.65 Å². The molecule has 1 aromatic carbocycles. The molecule has 0 radical (unpaired) electrons. The number of nitrogens with one attached hydrogen (secondary N) is 1. The highest BCUT2D eigenvalue weighted by molar-refractivity contribution is 6.30. The molecule has 24 heavy (non-hydrogen) atoms. The Hall–Kier alpha value is -2.21. The fraction of sp³-hybridized carbons (Fsp3) is 0.412. The van der Waals surface area contributed by atoms with Crippen LogP contribution in [0.4, 0.5) is 5.82 Å². The molecule has 1 fully saturated rings. The second kappa shape index (κ2) is 6.73. The molecule has 1 aliphatic carbocycles. The van der Waals surface area contributed by atoms with E-state index in [1.165, 1.54) is 42.3 Å². The zero-order valence-electron chi connectivity index (χ0n) is 13.3. The van der Waals surface area contributed by atoms with Crippen LogP contribution in [0.2, 0.25) is 5.02 Å². The molecule has 1 unspecified atom stereocenters. The maximum absolute atomic E-state index is 6.22. The molecule has 1 atom stereocenters. The highest BCUT2D eigenvalue weighted by atomic mass is 35.5. The van der Waals surface area contributed by atoms with E-state index in [-0.39, 0.29) is 6.04 Å². The normalized spacial score (nSPS) is 17.0. The Morgan fingerprint density at radius 2 is 2.00 bits per heavy atom. The lowest BCUT2D eigenvalue weighted by Gasteiger charge is -2.31. The van der Waals surface area contributed by atoms with Crippen molar-refractivity contribution in [3.63, 3.8) is 0 Å². The van der Waals surface area contributed by atoms with Gasteiger partial charge in [-0.2, -0.15) is 0 Å². The van der Waals surface area contributed by atoms with Crippen LogP contribution >= 0.6 is 11.6 Å². The minimum Gasteiger partial charge on any atom is -0.361 e. The molecule has 2 aromatic heterocycles. The molecule has 4 rings (SSSR count). The van der Waals surface area contributed by atoms with Gasteiger partial charge in [-0.25, -0.2) is 0 Å². The number of hydrogen-bond acceptors (Lipinski definition) is 5. The number of rotatable bonds is 4. The third-order valence-corrected chi connectivity index (χ3v) is 4.94. The van der Waals surface area contributed by atoms with Gasteiger partial charge >= 0.3 is 0 Å². The Labute approximate surface area is 145 Å². The lowest BCUT2D eigenvalue weighted by atomic mass is 9.81. The van der Waals surface area contributed by atoms with E-state index in [9.17, 15) is 0 Å². The number of tetrazole rings is 1. The number of fused-ring (bicyclic) bond motifs is 1. The molecule has 0 saturated heterocycles. The van der Waals surface area contributed by atoms with Crippen LogP contribution in [0.1, 0.15) is 43.7 Å². The van der Waals surface area contributed by atoms with Crippen molar-refractivity contribution in [1.29, 1.82) is 0 Å². The summed E-state index contributed by atoms with van der Waals surface area (Å²) in [5.41, 5.74) is 1.84. The summed E-state index contributed by atoms with van der Waals surface area (Å²) in [6.45, 7) is 0. The van der Waals surface area contributed by atoms with Crippen LogP contribution < -0.4 is 5.32 Å². The number of nitrogens with zero attached hydrogens (tertiary/aromatic N) is 5. The minimum absolute atomic E-state index is 0.186. The average molecular weight is 343 g/mol. The van der Waals surface area contributed by atoms with E-state index >= 15 is 0 Å². The van der Waals surface area contributed by atoms with Crippen molar-refractivity contribution >= 4 is 23.1 Å². The Morgan fingerprint density at radius 3 is 2.83 bits per heavy atom. The maximum atomic E-state index is 6.22. The first kappa shape index (κ1) is 15.3. The molecule has 3 aromatic rings. The second-order valence-electron chi connectivity index (χ2n) is 6.32. The first-order valence-electron chi connectivity index (χ1n) is 8.37. The molecular formula is C17H19ClN6. The van der Waals surface area contributed by atoms with Gasteiger partial charge in [0.2, 0.25) is 0 Å². The Bertz CT molecular complexity index is 827. The number of anilines is 1. The Kier molecular flexibility index (Phi) is 4.30. The van der Waals surface area contributed by atoms with E-state index in [1.807, 2.05) is 30.3 Å². The summed E-state index contributed by atoms with van der Waals surface area (Å²) >= 11 is 6.22. The maximum Gasteiger partial charge on any atom is 0.200 e.